The van der Waals surface area contributed by atoms with Crippen LogP contribution in [0.4, 0.5) is 0 Å². The van der Waals surface area contributed by atoms with E-state index in [-0.39, 0.29) is 30.0 Å². The standard InChI is InChI=1S/C33H44N4O4/c34-18-8-3-9-19-35-30-33(41)36(22-26-12-6-2-7-13-26)29(21-25-14-16-28(38)17-15-25)32(40)37(30)23-27(31(35)39)20-24-10-4-1-5-11-24/h1,4-5,10-11,14-17,26-27,29-30,38H,2-3,6-9,12-13,18-23,34H2. The molecule has 3 atom stereocenters. The second kappa shape index (κ2) is 13.5. The van der Waals surface area contributed by atoms with Crippen molar-refractivity contribution < 1.29 is 19.5 Å². The van der Waals surface area contributed by atoms with Gasteiger partial charge in [-0.25, -0.2) is 0 Å². The summed E-state index contributed by atoms with van der Waals surface area (Å²) in [4.78, 5) is 48.0. The molecule has 3 N–H and O–H groups in total. The van der Waals surface area contributed by atoms with Gasteiger partial charge in [0.2, 0.25) is 11.8 Å². The topological polar surface area (TPSA) is 107 Å². The molecule has 8 nitrogen and oxygen atoms in total. The third-order valence-electron chi connectivity index (χ3n) is 9.06. The number of rotatable bonds is 11. The Morgan fingerprint density at radius 1 is 0.756 bits per heavy atom. The van der Waals surface area contributed by atoms with Gasteiger partial charge in [0.05, 0.1) is 5.92 Å². The van der Waals surface area contributed by atoms with Gasteiger partial charge in [0.25, 0.3) is 5.91 Å². The first-order valence-corrected chi connectivity index (χ1v) is 15.4. The third-order valence-corrected chi connectivity index (χ3v) is 9.06. The van der Waals surface area contributed by atoms with Gasteiger partial charge in [-0.15, -0.1) is 0 Å². The minimum Gasteiger partial charge on any atom is -0.508 e. The fourth-order valence-corrected chi connectivity index (χ4v) is 6.85. The van der Waals surface area contributed by atoms with Crippen molar-refractivity contribution in [2.24, 2.45) is 17.6 Å². The van der Waals surface area contributed by atoms with Crippen molar-refractivity contribution in [3.05, 3.63) is 65.7 Å². The van der Waals surface area contributed by atoms with E-state index >= 15 is 0 Å². The first-order valence-electron chi connectivity index (χ1n) is 15.4. The lowest BCUT2D eigenvalue weighted by atomic mass is 9.86. The number of piperazine rings is 1. The molecule has 3 unspecified atom stereocenters. The van der Waals surface area contributed by atoms with Crippen LogP contribution < -0.4 is 5.73 Å². The Labute approximate surface area is 243 Å². The highest BCUT2D eigenvalue weighted by molar-refractivity contribution is 6.00. The van der Waals surface area contributed by atoms with Gasteiger partial charge in [-0.2, -0.15) is 0 Å². The molecule has 2 heterocycles. The minimum absolute atomic E-state index is 0.0430. The molecule has 2 aliphatic heterocycles. The molecule has 41 heavy (non-hydrogen) atoms. The van der Waals surface area contributed by atoms with E-state index in [1.807, 2.05) is 42.5 Å². The lowest BCUT2D eigenvalue weighted by Crippen LogP contribution is -2.74. The summed E-state index contributed by atoms with van der Waals surface area (Å²) in [6, 6.07) is 16.1. The summed E-state index contributed by atoms with van der Waals surface area (Å²) >= 11 is 0. The molecule has 2 aromatic carbocycles. The number of fused-ring (bicyclic) bond motifs is 1. The zero-order chi connectivity index (χ0) is 28.8. The first kappa shape index (κ1) is 29.1. The second-order valence-electron chi connectivity index (χ2n) is 12.0. The molecule has 2 saturated heterocycles. The summed E-state index contributed by atoms with van der Waals surface area (Å²) in [5.41, 5.74) is 7.66. The number of carbonyl (C=O) groups is 3. The Balaban J connectivity index is 1.46. The Bertz CT molecular complexity index is 1180. The number of phenolic OH excluding ortho intramolecular Hbond substituents is 1. The van der Waals surface area contributed by atoms with Crippen LogP contribution in [0.3, 0.4) is 0 Å². The van der Waals surface area contributed by atoms with Crippen molar-refractivity contribution >= 4 is 17.7 Å². The normalized spacial score (nSPS) is 23.7. The number of nitrogens with two attached hydrogens (primary N) is 1. The molecule has 5 rings (SSSR count). The monoisotopic (exact) mass is 560 g/mol. The van der Waals surface area contributed by atoms with Gasteiger partial charge in [0, 0.05) is 26.1 Å². The SMILES string of the molecule is NCCCCCN1C(=O)C(Cc2ccccc2)CN2C(=O)C(Cc3ccc(O)cc3)N(CC3CCCCC3)C(=O)C12. The van der Waals surface area contributed by atoms with Crippen LogP contribution in [0.25, 0.3) is 0 Å². The molecule has 220 valence electrons. The van der Waals surface area contributed by atoms with Crippen molar-refractivity contribution in [3.8, 4) is 5.75 Å². The molecule has 3 amide bonds. The molecule has 1 saturated carbocycles. The number of benzene rings is 2. The summed E-state index contributed by atoms with van der Waals surface area (Å²) in [6.07, 6.45) is 8.10. The molecule has 0 radical (unpaired) electrons. The number of unbranched alkanes of at least 4 members (excludes halogenated alkanes) is 2. The largest absolute Gasteiger partial charge is 0.508 e. The maximum absolute atomic E-state index is 14.4. The summed E-state index contributed by atoms with van der Waals surface area (Å²) in [5, 5.41) is 9.80. The highest BCUT2D eigenvalue weighted by Crippen LogP contribution is 2.33. The van der Waals surface area contributed by atoms with Crippen LogP contribution in [-0.2, 0) is 27.2 Å². The van der Waals surface area contributed by atoms with Crippen LogP contribution in [0.2, 0.25) is 0 Å². The predicted molar refractivity (Wildman–Crippen MR) is 158 cm³/mol. The minimum atomic E-state index is -0.889. The average molecular weight is 561 g/mol. The molecule has 0 spiro atoms. The molecule has 1 aliphatic carbocycles. The van der Waals surface area contributed by atoms with Crippen LogP contribution in [0.1, 0.15) is 62.5 Å². The Hall–Kier alpha value is -3.39. The average Bonchev–Trinajstić information content (AvgIpc) is 2.99. The quantitative estimate of drug-likeness (QED) is 0.408. The van der Waals surface area contributed by atoms with Gasteiger partial charge < -0.3 is 25.5 Å². The molecular formula is C33H44N4O4. The Morgan fingerprint density at radius 2 is 1.46 bits per heavy atom. The fraction of sp³-hybridized carbons (Fsp3) is 0.545. The Kier molecular flexibility index (Phi) is 9.60. The predicted octanol–water partition coefficient (Wildman–Crippen LogP) is 3.71. The van der Waals surface area contributed by atoms with E-state index in [0.717, 1.165) is 56.1 Å². The van der Waals surface area contributed by atoms with Crippen LogP contribution in [0.5, 0.6) is 5.75 Å². The number of amides is 3. The Morgan fingerprint density at radius 3 is 2.17 bits per heavy atom. The van der Waals surface area contributed by atoms with Gasteiger partial charge in [-0.05, 0) is 67.8 Å². The second-order valence-corrected chi connectivity index (χ2v) is 12.0. The van der Waals surface area contributed by atoms with Crippen molar-refractivity contribution in [2.45, 2.75) is 76.4 Å². The lowest BCUT2D eigenvalue weighted by molar-refractivity contribution is -0.183. The summed E-state index contributed by atoms with van der Waals surface area (Å²) < 4.78 is 0. The van der Waals surface area contributed by atoms with Gasteiger partial charge in [0.15, 0.2) is 6.17 Å². The van der Waals surface area contributed by atoms with Gasteiger partial charge >= 0.3 is 0 Å². The van der Waals surface area contributed by atoms with E-state index in [0.29, 0.717) is 38.4 Å². The van der Waals surface area contributed by atoms with Gasteiger partial charge in [-0.3, -0.25) is 14.4 Å². The van der Waals surface area contributed by atoms with E-state index in [2.05, 4.69) is 0 Å². The molecule has 3 aliphatic rings. The zero-order valence-electron chi connectivity index (χ0n) is 24.0. The number of aromatic hydroxyl groups is 1. The van der Waals surface area contributed by atoms with E-state index in [4.69, 9.17) is 5.73 Å². The highest BCUT2D eigenvalue weighted by atomic mass is 16.3. The zero-order valence-corrected chi connectivity index (χ0v) is 24.0. The molecule has 0 bridgehead atoms. The summed E-state index contributed by atoms with van der Waals surface area (Å²) in [7, 11) is 0. The molecular weight excluding hydrogens is 516 g/mol. The molecule has 3 fully saturated rings. The van der Waals surface area contributed by atoms with E-state index in [1.54, 1.807) is 26.8 Å². The number of phenols is 1. The summed E-state index contributed by atoms with van der Waals surface area (Å²) in [5.74, 6) is -0.141. The van der Waals surface area contributed by atoms with Crippen LogP contribution in [0, 0.1) is 11.8 Å². The number of hydrogen-bond acceptors (Lipinski definition) is 5. The lowest BCUT2D eigenvalue weighted by Gasteiger charge is -2.53. The first-order chi connectivity index (χ1) is 20.0. The van der Waals surface area contributed by atoms with Gasteiger partial charge in [-0.1, -0.05) is 68.1 Å². The van der Waals surface area contributed by atoms with Crippen LogP contribution in [-0.4, -0.2) is 75.9 Å². The number of carbonyl (C=O) groups excluding carboxylic acids is 3. The van der Waals surface area contributed by atoms with E-state index < -0.39 is 18.1 Å². The molecule has 0 aromatic heterocycles. The van der Waals surface area contributed by atoms with E-state index in [1.165, 1.54) is 6.42 Å². The van der Waals surface area contributed by atoms with E-state index in [9.17, 15) is 19.5 Å². The van der Waals surface area contributed by atoms with Crippen molar-refractivity contribution in [1.82, 2.24) is 14.7 Å². The number of nitrogens with zero attached hydrogens (tertiary/aromatic N) is 3. The fourth-order valence-electron chi connectivity index (χ4n) is 6.85. The molecule has 8 heteroatoms. The maximum Gasteiger partial charge on any atom is 0.267 e. The third kappa shape index (κ3) is 6.75. The van der Waals surface area contributed by atoms with Crippen LogP contribution in [0.15, 0.2) is 54.6 Å². The van der Waals surface area contributed by atoms with Crippen molar-refractivity contribution in [2.75, 3.05) is 26.2 Å². The smallest absolute Gasteiger partial charge is 0.267 e. The summed E-state index contributed by atoms with van der Waals surface area (Å²) in [6.45, 7) is 1.81. The number of hydrogen-bond donors (Lipinski definition) is 2. The highest BCUT2D eigenvalue weighted by Gasteiger charge is 2.53. The van der Waals surface area contributed by atoms with Crippen molar-refractivity contribution in [3.63, 3.8) is 0 Å². The van der Waals surface area contributed by atoms with Gasteiger partial charge in [0.1, 0.15) is 11.8 Å². The van der Waals surface area contributed by atoms with Crippen LogP contribution >= 0.6 is 0 Å². The molecule has 2 aromatic rings. The maximum atomic E-state index is 14.4. The van der Waals surface area contributed by atoms with Crippen molar-refractivity contribution in [1.29, 1.82) is 0 Å².